The topological polar surface area (TPSA) is 55.4 Å². The standard InChI is InChI=1S/C23H31F3N4O/c1-15(2)30-11-5-8-20-18(14-30)21(28-27-20)22(31)29-12-9-16(10-13-29)17-6-3-4-7-19(17)23(24,25)26/h3-4,6-7,15-16,22,31H,5,8-14H2,1-2H3,(H,27,28). The summed E-state index contributed by atoms with van der Waals surface area (Å²) in [5.41, 5.74) is 2.65. The molecule has 0 bridgehead atoms. The Morgan fingerprint density at radius 2 is 1.81 bits per heavy atom. The van der Waals surface area contributed by atoms with Gasteiger partial charge in [-0.25, -0.2) is 0 Å². The first-order chi connectivity index (χ1) is 14.8. The van der Waals surface area contributed by atoms with Crippen LogP contribution in [0.2, 0.25) is 0 Å². The number of likely N-dealkylation sites (tertiary alicyclic amines) is 1. The molecule has 4 rings (SSSR count). The van der Waals surface area contributed by atoms with Gasteiger partial charge in [0.15, 0.2) is 6.23 Å². The second-order valence-corrected chi connectivity index (χ2v) is 9.00. The highest BCUT2D eigenvalue weighted by molar-refractivity contribution is 5.33. The zero-order valence-corrected chi connectivity index (χ0v) is 18.1. The molecule has 0 spiro atoms. The van der Waals surface area contributed by atoms with Crippen molar-refractivity contribution in [1.29, 1.82) is 0 Å². The molecular weight excluding hydrogens is 405 g/mol. The van der Waals surface area contributed by atoms with Crippen molar-refractivity contribution in [2.45, 2.75) is 70.4 Å². The third-order valence-corrected chi connectivity index (χ3v) is 6.77. The first-order valence-electron chi connectivity index (χ1n) is 11.1. The Labute approximate surface area is 181 Å². The van der Waals surface area contributed by atoms with Gasteiger partial charge < -0.3 is 5.11 Å². The van der Waals surface area contributed by atoms with Gasteiger partial charge in [-0.1, -0.05) is 18.2 Å². The average molecular weight is 437 g/mol. The number of aryl methyl sites for hydroxylation is 1. The highest BCUT2D eigenvalue weighted by Gasteiger charge is 2.37. The summed E-state index contributed by atoms with van der Waals surface area (Å²) in [7, 11) is 0. The number of aromatic nitrogens is 2. The van der Waals surface area contributed by atoms with Crippen LogP contribution in [0.3, 0.4) is 0 Å². The summed E-state index contributed by atoms with van der Waals surface area (Å²) in [6.45, 7) is 7.18. The van der Waals surface area contributed by atoms with Gasteiger partial charge in [-0.2, -0.15) is 18.3 Å². The molecule has 31 heavy (non-hydrogen) atoms. The average Bonchev–Trinajstić information content (AvgIpc) is 3.01. The largest absolute Gasteiger partial charge is 0.416 e. The molecule has 1 atom stereocenters. The Bertz CT molecular complexity index is 887. The number of benzene rings is 1. The summed E-state index contributed by atoms with van der Waals surface area (Å²) < 4.78 is 40.2. The first kappa shape index (κ1) is 22.3. The van der Waals surface area contributed by atoms with Crippen LogP contribution in [0.25, 0.3) is 0 Å². The Morgan fingerprint density at radius 1 is 1.10 bits per heavy atom. The smallest absolute Gasteiger partial charge is 0.372 e. The van der Waals surface area contributed by atoms with Gasteiger partial charge in [-0.3, -0.25) is 14.9 Å². The van der Waals surface area contributed by atoms with Gasteiger partial charge in [0.1, 0.15) is 5.69 Å². The summed E-state index contributed by atoms with van der Waals surface area (Å²) in [5.74, 6) is -0.158. The van der Waals surface area contributed by atoms with E-state index in [0.717, 1.165) is 43.3 Å². The summed E-state index contributed by atoms with van der Waals surface area (Å²) >= 11 is 0. The molecule has 5 nitrogen and oxygen atoms in total. The van der Waals surface area contributed by atoms with E-state index in [1.54, 1.807) is 12.1 Å². The van der Waals surface area contributed by atoms with Gasteiger partial charge >= 0.3 is 6.18 Å². The van der Waals surface area contributed by atoms with Gasteiger partial charge in [-0.15, -0.1) is 0 Å². The Balaban J connectivity index is 1.47. The molecule has 8 heteroatoms. The number of rotatable bonds is 4. The molecule has 1 unspecified atom stereocenters. The minimum absolute atomic E-state index is 0.158. The number of alkyl halides is 3. The SMILES string of the molecule is CC(C)N1CCCc2[nH]nc(C(O)N3CCC(c4ccccc4C(F)(F)F)CC3)c2C1. The zero-order valence-electron chi connectivity index (χ0n) is 18.1. The summed E-state index contributed by atoms with van der Waals surface area (Å²) in [5, 5.41) is 18.6. The fraction of sp³-hybridized carbons (Fsp3) is 0.609. The number of nitrogens with zero attached hydrogens (tertiary/aromatic N) is 3. The molecule has 2 aliphatic rings. The number of H-pyrrole nitrogens is 1. The molecule has 1 fully saturated rings. The number of hydrogen-bond donors (Lipinski definition) is 2. The van der Waals surface area contributed by atoms with Gasteiger partial charge in [-0.05, 0) is 63.6 Å². The van der Waals surface area contributed by atoms with Crippen molar-refractivity contribution in [3.05, 3.63) is 52.3 Å². The van der Waals surface area contributed by atoms with Crippen LogP contribution in [0.4, 0.5) is 13.2 Å². The first-order valence-corrected chi connectivity index (χ1v) is 11.1. The molecule has 2 aromatic rings. The van der Waals surface area contributed by atoms with Crippen LogP contribution >= 0.6 is 0 Å². The number of aromatic amines is 1. The third-order valence-electron chi connectivity index (χ3n) is 6.77. The molecule has 0 radical (unpaired) electrons. The molecular formula is C23H31F3N4O. The molecule has 2 aliphatic heterocycles. The molecule has 0 saturated carbocycles. The fourth-order valence-electron chi connectivity index (χ4n) is 4.94. The summed E-state index contributed by atoms with van der Waals surface area (Å²) in [6, 6.07) is 6.28. The number of hydrogen-bond acceptors (Lipinski definition) is 4. The van der Waals surface area contributed by atoms with Crippen LogP contribution in [0.15, 0.2) is 24.3 Å². The van der Waals surface area contributed by atoms with Crippen molar-refractivity contribution in [2.75, 3.05) is 19.6 Å². The summed E-state index contributed by atoms with van der Waals surface area (Å²) in [4.78, 5) is 4.33. The minimum atomic E-state index is -4.35. The molecule has 1 saturated heterocycles. The lowest BCUT2D eigenvalue weighted by molar-refractivity contribution is -0.138. The lowest BCUT2D eigenvalue weighted by atomic mass is 9.86. The van der Waals surface area contributed by atoms with E-state index in [0.29, 0.717) is 43.2 Å². The van der Waals surface area contributed by atoms with Crippen LogP contribution in [0.1, 0.15) is 73.3 Å². The normalized spacial score (nSPS) is 20.6. The van der Waals surface area contributed by atoms with Crippen LogP contribution < -0.4 is 0 Å². The lowest BCUT2D eigenvalue weighted by Gasteiger charge is -2.36. The van der Waals surface area contributed by atoms with E-state index in [9.17, 15) is 18.3 Å². The van der Waals surface area contributed by atoms with E-state index in [4.69, 9.17) is 0 Å². The molecule has 3 heterocycles. The number of aliphatic hydroxyl groups excluding tert-OH is 1. The molecule has 2 N–H and O–H groups in total. The lowest BCUT2D eigenvalue weighted by Crippen LogP contribution is -2.37. The molecule has 170 valence electrons. The van der Waals surface area contributed by atoms with Gasteiger partial charge in [0.25, 0.3) is 0 Å². The van der Waals surface area contributed by atoms with E-state index in [2.05, 4.69) is 28.9 Å². The van der Waals surface area contributed by atoms with Crippen LogP contribution in [0.5, 0.6) is 0 Å². The predicted molar refractivity (Wildman–Crippen MR) is 112 cm³/mol. The highest BCUT2D eigenvalue weighted by Crippen LogP contribution is 2.39. The number of aliphatic hydroxyl groups is 1. The van der Waals surface area contributed by atoms with Crippen molar-refractivity contribution in [3.63, 3.8) is 0 Å². The van der Waals surface area contributed by atoms with Crippen molar-refractivity contribution in [3.8, 4) is 0 Å². The molecule has 1 aromatic heterocycles. The van der Waals surface area contributed by atoms with Gasteiger partial charge in [0.2, 0.25) is 0 Å². The molecule has 0 amide bonds. The van der Waals surface area contributed by atoms with Crippen LogP contribution in [-0.2, 0) is 19.1 Å². The van der Waals surface area contributed by atoms with Crippen molar-refractivity contribution >= 4 is 0 Å². The number of fused-ring (bicyclic) bond motifs is 1. The molecule has 0 aliphatic carbocycles. The van der Waals surface area contributed by atoms with Crippen LogP contribution in [-0.4, -0.2) is 50.8 Å². The van der Waals surface area contributed by atoms with E-state index in [-0.39, 0.29) is 5.92 Å². The van der Waals surface area contributed by atoms with E-state index >= 15 is 0 Å². The summed E-state index contributed by atoms with van der Waals surface area (Å²) in [6.07, 6.45) is -2.07. The monoisotopic (exact) mass is 436 g/mol. The van der Waals surface area contributed by atoms with Crippen LogP contribution in [0, 0.1) is 0 Å². The Kier molecular flexibility index (Phi) is 6.42. The van der Waals surface area contributed by atoms with Gasteiger partial charge in [0.05, 0.1) is 5.56 Å². The van der Waals surface area contributed by atoms with E-state index in [1.165, 1.54) is 6.07 Å². The number of halogens is 3. The molecule has 1 aromatic carbocycles. The third kappa shape index (κ3) is 4.66. The van der Waals surface area contributed by atoms with E-state index < -0.39 is 18.0 Å². The highest BCUT2D eigenvalue weighted by atomic mass is 19.4. The predicted octanol–water partition coefficient (Wildman–Crippen LogP) is 4.46. The second-order valence-electron chi connectivity index (χ2n) is 9.00. The van der Waals surface area contributed by atoms with Crippen molar-refractivity contribution in [1.82, 2.24) is 20.0 Å². The number of nitrogens with one attached hydrogen (secondary N) is 1. The van der Waals surface area contributed by atoms with Crippen molar-refractivity contribution < 1.29 is 18.3 Å². The maximum Gasteiger partial charge on any atom is 0.416 e. The van der Waals surface area contributed by atoms with E-state index in [1.807, 2.05) is 4.90 Å². The number of piperidine rings is 1. The van der Waals surface area contributed by atoms with Crippen molar-refractivity contribution in [2.24, 2.45) is 0 Å². The Morgan fingerprint density at radius 3 is 2.48 bits per heavy atom. The minimum Gasteiger partial charge on any atom is -0.372 e. The Hall–Kier alpha value is -1.90. The maximum atomic E-state index is 13.4. The fourth-order valence-corrected chi connectivity index (χ4v) is 4.94. The van der Waals surface area contributed by atoms with Gasteiger partial charge in [0, 0.05) is 36.9 Å². The zero-order chi connectivity index (χ0) is 22.2. The maximum absolute atomic E-state index is 13.4. The second kappa shape index (κ2) is 8.92. The quantitative estimate of drug-likeness (QED) is 0.743.